The number of benzene rings is 3. The van der Waals surface area contributed by atoms with Gasteiger partial charge in [-0.05, 0) is 67.3 Å². The molecule has 1 atom stereocenters. The maximum absolute atomic E-state index is 14.1. The van der Waals surface area contributed by atoms with Crippen LogP contribution in [-0.2, 0) is 16.4 Å². The van der Waals surface area contributed by atoms with Crippen LogP contribution in [0.3, 0.4) is 0 Å². The molecule has 1 amide bonds. The number of aryl methyl sites for hydroxylation is 3. The number of nitrogens with one attached hydrogen (secondary N) is 2. The first kappa shape index (κ1) is 25.8. The second-order valence-electron chi connectivity index (χ2n) is 8.21. The molecule has 0 bridgehead atoms. The fraction of sp³-hybridized carbons (Fsp3) is 0.200. The van der Waals surface area contributed by atoms with Crippen molar-refractivity contribution in [1.82, 2.24) is 5.32 Å². The predicted octanol–water partition coefficient (Wildman–Crippen LogP) is 4.09. The summed E-state index contributed by atoms with van der Waals surface area (Å²) in [6, 6.07) is 11.1. The van der Waals surface area contributed by atoms with E-state index in [4.69, 9.17) is 0 Å². The average Bonchev–Trinajstić information content (AvgIpc) is 2.75. The third kappa shape index (κ3) is 6.02. The van der Waals surface area contributed by atoms with Crippen LogP contribution in [0.5, 0.6) is 0 Å². The zero-order valence-corrected chi connectivity index (χ0v) is 20.1. The van der Waals surface area contributed by atoms with Gasteiger partial charge in [0.15, 0.2) is 10.9 Å². The minimum Gasteiger partial charge on any atom is -0.337 e. The Morgan fingerprint density at radius 3 is 2.26 bits per heavy atom. The van der Waals surface area contributed by atoms with Crippen LogP contribution in [-0.4, -0.2) is 36.2 Å². The summed E-state index contributed by atoms with van der Waals surface area (Å²) in [6.07, 6.45) is 0.0581. The SMILES string of the molecule is Cc1ccc(C(=O)N[C@@H](Cc2ccc(C)c(C)c2)C(O)=[OH+])c(NS(=O)(=O)c2c(F)cccc2F)c1. The van der Waals surface area contributed by atoms with Crippen molar-refractivity contribution < 1.29 is 31.9 Å². The Balaban J connectivity index is 1.91. The Bertz CT molecular complexity index is 1390. The summed E-state index contributed by atoms with van der Waals surface area (Å²) in [5.74, 6) is -4.43. The van der Waals surface area contributed by atoms with Gasteiger partial charge in [0.1, 0.15) is 11.6 Å². The third-order valence-electron chi connectivity index (χ3n) is 5.48. The van der Waals surface area contributed by atoms with Crippen LogP contribution in [0.15, 0.2) is 59.5 Å². The van der Waals surface area contributed by atoms with Crippen LogP contribution in [0.1, 0.15) is 32.6 Å². The molecular formula is C25H25F2N2O5S+. The van der Waals surface area contributed by atoms with Crippen molar-refractivity contribution >= 4 is 27.6 Å². The molecule has 0 unspecified atom stereocenters. The van der Waals surface area contributed by atoms with E-state index >= 15 is 0 Å². The quantitative estimate of drug-likeness (QED) is 0.402. The van der Waals surface area contributed by atoms with Crippen LogP contribution in [0.4, 0.5) is 14.5 Å². The Morgan fingerprint density at radius 1 is 1.00 bits per heavy atom. The average molecular weight is 504 g/mol. The lowest BCUT2D eigenvalue weighted by Crippen LogP contribution is -2.42. The number of sulfonamides is 1. The highest BCUT2D eigenvalue weighted by Gasteiger charge is 2.29. The molecule has 184 valence electrons. The van der Waals surface area contributed by atoms with Crippen LogP contribution in [0, 0.1) is 32.4 Å². The number of halogens is 2. The van der Waals surface area contributed by atoms with Crippen molar-refractivity contribution in [3.63, 3.8) is 0 Å². The van der Waals surface area contributed by atoms with E-state index < -0.39 is 44.5 Å². The number of aliphatic carboxylic acids is 1. The Labute approximate surface area is 201 Å². The normalized spacial score (nSPS) is 12.1. The first-order chi connectivity index (χ1) is 16.4. The Morgan fingerprint density at radius 2 is 1.66 bits per heavy atom. The lowest BCUT2D eigenvalue weighted by molar-refractivity contribution is 0.0942. The zero-order valence-electron chi connectivity index (χ0n) is 19.3. The number of carboxylic acids is 1. The fourth-order valence-electron chi connectivity index (χ4n) is 3.48. The molecule has 0 radical (unpaired) electrons. The molecular weight excluding hydrogens is 478 g/mol. The molecule has 0 aromatic heterocycles. The summed E-state index contributed by atoms with van der Waals surface area (Å²) in [5, 5.41) is 12.2. The lowest BCUT2D eigenvalue weighted by atomic mass is 10.0. The van der Waals surface area contributed by atoms with Gasteiger partial charge in [0.2, 0.25) is 0 Å². The number of carboxylic acid groups (broad SMARTS) is 1. The van der Waals surface area contributed by atoms with E-state index in [-0.39, 0.29) is 17.7 Å². The van der Waals surface area contributed by atoms with Crippen molar-refractivity contribution in [2.75, 3.05) is 4.72 Å². The molecule has 3 rings (SSSR count). The molecule has 10 heteroatoms. The maximum Gasteiger partial charge on any atom is 0.504 e. The number of rotatable bonds is 8. The maximum atomic E-state index is 14.1. The second kappa shape index (κ2) is 10.2. The summed E-state index contributed by atoms with van der Waals surface area (Å²) in [7, 11) is -4.73. The van der Waals surface area contributed by atoms with Crippen molar-refractivity contribution in [1.29, 1.82) is 0 Å². The van der Waals surface area contributed by atoms with Crippen LogP contribution >= 0.6 is 0 Å². The van der Waals surface area contributed by atoms with E-state index in [1.165, 1.54) is 18.2 Å². The molecule has 0 aliphatic carbocycles. The van der Waals surface area contributed by atoms with Gasteiger partial charge < -0.3 is 15.2 Å². The highest BCUT2D eigenvalue weighted by molar-refractivity contribution is 7.92. The van der Waals surface area contributed by atoms with Crippen molar-refractivity contribution in [2.45, 2.75) is 38.1 Å². The van der Waals surface area contributed by atoms with Crippen molar-refractivity contribution in [2.24, 2.45) is 0 Å². The molecule has 3 aromatic carbocycles. The number of hydrogen-bond acceptors (Lipinski definition) is 3. The summed E-state index contributed by atoms with van der Waals surface area (Å²) in [5.41, 5.74) is 2.93. The van der Waals surface area contributed by atoms with E-state index in [1.807, 2.05) is 26.0 Å². The van der Waals surface area contributed by atoms with Crippen LogP contribution in [0.2, 0.25) is 0 Å². The largest absolute Gasteiger partial charge is 0.504 e. The number of aliphatic hydroxyl groups excluding tert-OH is 1. The van der Waals surface area contributed by atoms with Gasteiger partial charge in [-0.1, -0.05) is 30.3 Å². The molecule has 35 heavy (non-hydrogen) atoms. The van der Waals surface area contributed by atoms with Crippen LogP contribution < -0.4 is 10.0 Å². The van der Waals surface area contributed by atoms with E-state index in [0.717, 1.165) is 34.9 Å². The van der Waals surface area contributed by atoms with Gasteiger partial charge >= 0.3 is 5.97 Å². The summed E-state index contributed by atoms with van der Waals surface area (Å²) < 4.78 is 55.8. The molecule has 0 saturated carbocycles. The Kier molecular flexibility index (Phi) is 7.54. The van der Waals surface area contributed by atoms with Gasteiger partial charge in [-0.15, -0.1) is 0 Å². The Hall–Kier alpha value is -3.79. The smallest absolute Gasteiger partial charge is 0.337 e. The third-order valence-corrected chi connectivity index (χ3v) is 6.90. The van der Waals surface area contributed by atoms with Crippen LogP contribution in [0.25, 0.3) is 0 Å². The molecule has 0 saturated heterocycles. The number of carbonyl (C=O) groups is 1. The van der Waals surface area contributed by atoms with Gasteiger partial charge in [-0.3, -0.25) is 9.52 Å². The molecule has 0 heterocycles. The highest BCUT2D eigenvalue weighted by atomic mass is 32.2. The second-order valence-corrected chi connectivity index (χ2v) is 9.83. The van der Waals surface area contributed by atoms with Gasteiger partial charge in [0, 0.05) is 6.42 Å². The van der Waals surface area contributed by atoms with Gasteiger partial charge in [-0.25, -0.2) is 17.2 Å². The molecule has 3 aromatic rings. The first-order valence-corrected chi connectivity index (χ1v) is 12.1. The first-order valence-electron chi connectivity index (χ1n) is 10.6. The molecule has 7 nitrogen and oxygen atoms in total. The van der Waals surface area contributed by atoms with E-state index in [9.17, 15) is 31.9 Å². The number of anilines is 1. The zero-order chi connectivity index (χ0) is 25.9. The monoisotopic (exact) mass is 503 g/mol. The molecule has 0 aliphatic heterocycles. The van der Waals surface area contributed by atoms with E-state index in [0.29, 0.717) is 5.56 Å². The van der Waals surface area contributed by atoms with Crippen molar-refractivity contribution in [3.05, 3.63) is 94.0 Å². The van der Waals surface area contributed by atoms with Gasteiger partial charge in [-0.2, -0.15) is 0 Å². The minimum absolute atomic E-state index is 0.0581. The van der Waals surface area contributed by atoms with Crippen molar-refractivity contribution in [3.8, 4) is 0 Å². The number of amides is 1. The molecule has 0 aliphatic rings. The summed E-state index contributed by atoms with van der Waals surface area (Å²) in [6.45, 7) is 5.47. The molecule has 0 fully saturated rings. The number of carbonyl (C=O) groups excluding carboxylic acids is 1. The van der Waals surface area contributed by atoms with E-state index in [1.54, 1.807) is 13.0 Å². The fourth-order valence-corrected chi connectivity index (χ4v) is 4.69. The summed E-state index contributed by atoms with van der Waals surface area (Å²) in [4.78, 5) is 21.6. The molecule has 4 N–H and O–H groups in total. The minimum atomic E-state index is -4.73. The highest BCUT2D eigenvalue weighted by Crippen LogP contribution is 2.25. The predicted molar refractivity (Wildman–Crippen MR) is 129 cm³/mol. The lowest BCUT2D eigenvalue weighted by Gasteiger charge is -2.16. The standard InChI is InChI=1S/C25H24F2N2O5S/c1-14-7-10-18(21(11-14)29-35(33,34)23-19(26)5-4-6-20(23)27)24(30)28-22(25(31)32)13-17-9-8-15(2)16(3)12-17/h4-12,22,29H,13H2,1-3H3,(H,28,30)(H,31,32)/p+1/t22-/m0/s1. The topological polar surface area (TPSA) is 117 Å². The van der Waals surface area contributed by atoms with E-state index in [2.05, 4.69) is 10.0 Å². The molecule has 0 spiro atoms. The number of hydrogen-bond donors (Lipinski definition) is 3. The van der Waals surface area contributed by atoms with Gasteiger partial charge in [0.05, 0.1) is 11.3 Å². The summed E-state index contributed by atoms with van der Waals surface area (Å²) >= 11 is 0. The van der Waals surface area contributed by atoms with Gasteiger partial charge in [0.25, 0.3) is 15.9 Å².